The molecule has 0 saturated heterocycles. The van der Waals surface area contributed by atoms with Gasteiger partial charge in [-0.3, -0.25) is 4.79 Å². The van der Waals surface area contributed by atoms with E-state index in [0.717, 1.165) is 12.5 Å². The predicted octanol–water partition coefficient (Wildman–Crippen LogP) is 3.74. The van der Waals surface area contributed by atoms with Crippen LogP contribution in [0.15, 0.2) is 23.8 Å². The number of benzene rings is 1. The largest absolute Gasteiger partial charge is 0.294 e. The number of hydrogen-bond acceptors (Lipinski definition) is 1. The average Bonchev–Trinajstić information content (AvgIpc) is 2.49. The van der Waals surface area contributed by atoms with Crippen molar-refractivity contribution in [2.45, 2.75) is 26.7 Å². The summed E-state index contributed by atoms with van der Waals surface area (Å²) in [6.45, 7) is 3.77. The number of allylic oxidation sites excluding steroid dienone is 1. The molecule has 0 bridgehead atoms. The molecular weight excluding hydrogens is 222 g/mol. The van der Waals surface area contributed by atoms with Crippen molar-refractivity contribution in [2.24, 2.45) is 5.41 Å². The summed E-state index contributed by atoms with van der Waals surface area (Å²) in [6, 6.07) is 3.38. The molecule has 1 aliphatic rings. The van der Waals surface area contributed by atoms with Crippen molar-refractivity contribution in [3.05, 3.63) is 41.0 Å². The number of carbonyl (C=O) groups excluding carboxylic acids is 1. The fraction of sp³-hybridized carbons (Fsp3) is 0.357. The predicted molar refractivity (Wildman–Crippen MR) is 62.4 cm³/mol. The second-order valence-corrected chi connectivity index (χ2v) is 5.05. The quantitative estimate of drug-likeness (QED) is 0.679. The normalized spacial score (nSPS) is 21.2. The van der Waals surface area contributed by atoms with Crippen LogP contribution in [-0.2, 0) is 4.79 Å². The molecule has 0 aromatic heterocycles. The van der Waals surface area contributed by atoms with E-state index in [-0.39, 0.29) is 16.8 Å². The monoisotopic (exact) mass is 236 g/mol. The number of halogens is 2. The van der Waals surface area contributed by atoms with Crippen LogP contribution < -0.4 is 0 Å². The molecule has 1 fully saturated rings. The van der Waals surface area contributed by atoms with Gasteiger partial charge in [-0.1, -0.05) is 13.8 Å². The van der Waals surface area contributed by atoms with Crippen LogP contribution in [0.4, 0.5) is 8.78 Å². The Morgan fingerprint density at radius 2 is 2.00 bits per heavy atom. The molecule has 0 atom stereocenters. The molecule has 1 aromatic rings. The molecule has 1 aliphatic carbocycles. The number of hydrogen-bond donors (Lipinski definition) is 0. The van der Waals surface area contributed by atoms with Gasteiger partial charge in [0.1, 0.15) is 11.6 Å². The molecule has 17 heavy (non-hydrogen) atoms. The smallest absolute Gasteiger partial charge is 0.164 e. The van der Waals surface area contributed by atoms with Gasteiger partial charge in [0, 0.05) is 17.0 Å². The number of Topliss-reactive ketones (excluding diaryl/α,β-unsaturated/α-hetero) is 1. The SMILES string of the molecule is CC1(C)CCC(=Cc2ccc(F)cc2F)C1=O. The Labute approximate surface area is 99.1 Å². The summed E-state index contributed by atoms with van der Waals surface area (Å²) < 4.78 is 26.2. The average molecular weight is 236 g/mol. The van der Waals surface area contributed by atoms with Crippen LogP contribution in [0, 0.1) is 17.0 Å². The van der Waals surface area contributed by atoms with Crippen molar-refractivity contribution in [2.75, 3.05) is 0 Å². The van der Waals surface area contributed by atoms with Crippen LogP contribution in [0.2, 0.25) is 0 Å². The van der Waals surface area contributed by atoms with Crippen LogP contribution in [0.25, 0.3) is 6.08 Å². The molecule has 0 spiro atoms. The maximum Gasteiger partial charge on any atom is 0.164 e. The summed E-state index contributed by atoms with van der Waals surface area (Å²) in [6.07, 6.45) is 2.97. The molecule has 0 N–H and O–H groups in total. The Hall–Kier alpha value is -1.51. The highest BCUT2D eigenvalue weighted by Crippen LogP contribution is 2.38. The van der Waals surface area contributed by atoms with Gasteiger partial charge in [-0.2, -0.15) is 0 Å². The highest BCUT2D eigenvalue weighted by Gasteiger charge is 2.36. The zero-order chi connectivity index (χ0) is 12.6. The summed E-state index contributed by atoms with van der Waals surface area (Å²) in [7, 11) is 0. The molecular formula is C14H14F2O. The first-order valence-corrected chi connectivity index (χ1v) is 5.60. The fourth-order valence-corrected chi connectivity index (χ4v) is 2.05. The number of ketones is 1. The van der Waals surface area contributed by atoms with Crippen molar-refractivity contribution in [1.29, 1.82) is 0 Å². The second kappa shape index (κ2) is 4.06. The van der Waals surface area contributed by atoms with Crippen molar-refractivity contribution in [3.63, 3.8) is 0 Å². The van der Waals surface area contributed by atoms with Crippen LogP contribution in [0.1, 0.15) is 32.3 Å². The van der Waals surface area contributed by atoms with E-state index < -0.39 is 11.6 Å². The Balaban J connectivity index is 2.35. The number of carbonyl (C=O) groups is 1. The van der Waals surface area contributed by atoms with Crippen LogP contribution in [-0.4, -0.2) is 5.78 Å². The summed E-state index contributed by atoms with van der Waals surface area (Å²) in [5.74, 6) is -1.18. The lowest BCUT2D eigenvalue weighted by Crippen LogP contribution is -2.17. The highest BCUT2D eigenvalue weighted by atomic mass is 19.1. The molecule has 2 rings (SSSR count). The van der Waals surface area contributed by atoms with E-state index >= 15 is 0 Å². The lowest BCUT2D eigenvalue weighted by atomic mass is 9.90. The zero-order valence-electron chi connectivity index (χ0n) is 9.89. The van der Waals surface area contributed by atoms with Gasteiger partial charge >= 0.3 is 0 Å². The van der Waals surface area contributed by atoms with E-state index in [4.69, 9.17) is 0 Å². The minimum absolute atomic E-state index is 0.0567. The third-order valence-corrected chi connectivity index (χ3v) is 3.22. The third kappa shape index (κ3) is 2.28. The molecule has 1 saturated carbocycles. The maximum absolute atomic E-state index is 13.4. The van der Waals surface area contributed by atoms with Gasteiger partial charge in [-0.05, 0) is 36.6 Å². The van der Waals surface area contributed by atoms with Gasteiger partial charge in [-0.25, -0.2) is 8.78 Å². The van der Waals surface area contributed by atoms with E-state index in [1.54, 1.807) is 0 Å². The van der Waals surface area contributed by atoms with Gasteiger partial charge in [0.25, 0.3) is 0 Å². The van der Waals surface area contributed by atoms with Crippen molar-refractivity contribution in [3.8, 4) is 0 Å². The lowest BCUT2D eigenvalue weighted by molar-refractivity contribution is -0.121. The zero-order valence-corrected chi connectivity index (χ0v) is 9.89. The summed E-state index contributed by atoms with van der Waals surface area (Å²) >= 11 is 0. The van der Waals surface area contributed by atoms with Gasteiger partial charge in [0.05, 0.1) is 0 Å². The van der Waals surface area contributed by atoms with E-state index in [1.807, 2.05) is 13.8 Å². The van der Waals surface area contributed by atoms with E-state index in [9.17, 15) is 13.6 Å². The first-order valence-electron chi connectivity index (χ1n) is 5.60. The fourth-order valence-electron chi connectivity index (χ4n) is 2.05. The third-order valence-electron chi connectivity index (χ3n) is 3.22. The molecule has 0 radical (unpaired) electrons. The molecule has 90 valence electrons. The first kappa shape index (κ1) is 12.0. The van der Waals surface area contributed by atoms with E-state index in [1.165, 1.54) is 18.2 Å². The number of rotatable bonds is 1. The molecule has 1 aromatic carbocycles. The molecule has 0 aliphatic heterocycles. The van der Waals surface area contributed by atoms with Crippen LogP contribution in [0.3, 0.4) is 0 Å². The van der Waals surface area contributed by atoms with Crippen LogP contribution >= 0.6 is 0 Å². The maximum atomic E-state index is 13.4. The summed E-state index contributed by atoms with van der Waals surface area (Å²) in [5, 5.41) is 0. The summed E-state index contributed by atoms with van der Waals surface area (Å²) in [5.41, 5.74) is 0.537. The summed E-state index contributed by atoms with van der Waals surface area (Å²) in [4.78, 5) is 11.9. The van der Waals surface area contributed by atoms with Crippen molar-refractivity contribution in [1.82, 2.24) is 0 Å². The standard InChI is InChI=1S/C14H14F2O/c1-14(2)6-5-10(13(14)17)7-9-3-4-11(15)8-12(9)16/h3-4,7-8H,5-6H2,1-2H3. The topological polar surface area (TPSA) is 17.1 Å². The van der Waals surface area contributed by atoms with Crippen molar-refractivity contribution >= 4 is 11.9 Å². The Morgan fingerprint density at radius 1 is 1.29 bits per heavy atom. The van der Waals surface area contributed by atoms with Crippen LogP contribution in [0.5, 0.6) is 0 Å². The molecule has 0 amide bonds. The van der Waals surface area contributed by atoms with Crippen molar-refractivity contribution < 1.29 is 13.6 Å². The minimum atomic E-state index is -0.630. The van der Waals surface area contributed by atoms with Gasteiger partial charge in [-0.15, -0.1) is 0 Å². The van der Waals surface area contributed by atoms with Gasteiger partial charge in [0.2, 0.25) is 0 Å². The van der Waals surface area contributed by atoms with Gasteiger partial charge < -0.3 is 0 Å². The molecule has 3 heteroatoms. The molecule has 0 heterocycles. The van der Waals surface area contributed by atoms with E-state index in [2.05, 4.69) is 0 Å². The Bertz CT molecular complexity index is 501. The van der Waals surface area contributed by atoms with Gasteiger partial charge in [0.15, 0.2) is 5.78 Å². The molecule has 0 unspecified atom stereocenters. The Morgan fingerprint density at radius 3 is 2.53 bits per heavy atom. The highest BCUT2D eigenvalue weighted by molar-refractivity contribution is 6.05. The van der Waals surface area contributed by atoms with E-state index in [0.29, 0.717) is 12.0 Å². The first-order chi connectivity index (χ1) is 7.90. The Kier molecular flexibility index (Phi) is 2.86. The lowest BCUT2D eigenvalue weighted by Gasteiger charge is -2.12. The second-order valence-electron chi connectivity index (χ2n) is 5.05. The minimum Gasteiger partial charge on any atom is -0.294 e. The molecule has 1 nitrogen and oxygen atoms in total.